The summed E-state index contributed by atoms with van der Waals surface area (Å²) in [6, 6.07) is 0.0612. The van der Waals surface area contributed by atoms with Gasteiger partial charge in [-0.05, 0) is 37.3 Å². The Hall–Kier alpha value is -2.47. The van der Waals surface area contributed by atoms with Crippen LogP contribution in [0.4, 0.5) is 24.1 Å². The van der Waals surface area contributed by atoms with Gasteiger partial charge in [0.15, 0.2) is 22.3 Å². The summed E-state index contributed by atoms with van der Waals surface area (Å²) in [5, 5.41) is 3.36. The number of fused-ring (bicyclic) bond motifs is 1. The Bertz CT molecular complexity index is 1060. The number of rotatable bonds is 3. The standard InChI is InChI=1S/C16H15ClF3N7OS/c17-14-24-11(21)10-12(25-14)27(6-22-10)8-3-1-7(2-4-8)13(28)26-15-23-9(5-29-15)16(18,19)20/h5-8H,1-4H2,(H2,21,24,25)(H,23,26,28). The molecule has 0 bridgehead atoms. The molecule has 0 unspecified atom stereocenters. The van der Waals surface area contributed by atoms with E-state index in [2.05, 4.69) is 25.3 Å². The number of halogens is 4. The summed E-state index contributed by atoms with van der Waals surface area (Å²) >= 11 is 6.65. The predicted octanol–water partition coefficient (Wildman–Crippen LogP) is 3.91. The third-order valence-electron chi connectivity index (χ3n) is 4.91. The summed E-state index contributed by atoms with van der Waals surface area (Å²) < 4.78 is 39.8. The first-order valence-electron chi connectivity index (χ1n) is 8.71. The summed E-state index contributed by atoms with van der Waals surface area (Å²) in [4.78, 5) is 28.2. The zero-order valence-corrected chi connectivity index (χ0v) is 16.4. The zero-order chi connectivity index (χ0) is 20.8. The highest BCUT2D eigenvalue weighted by Gasteiger charge is 2.34. The van der Waals surface area contributed by atoms with Gasteiger partial charge in [-0.3, -0.25) is 4.79 Å². The van der Waals surface area contributed by atoms with E-state index in [4.69, 9.17) is 17.3 Å². The molecule has 8 nitrogen and oxygen atoms in total. The molecule has 1 amide bonds. The number of hydrogen-bond acceptors (Lipinski definition) is 7. The van der Waals surface area contributed by atoms with Gasteiger partial charge in [-0.2, -0.15) is 23.1 Å². The molecule has 3 heterocycles. The largest absolute Gasteiger partial charge is 0.434 e. The first kappa shape index (κ1) is 19.8. The molecule has 1 aliphatic rings. The lowest BCUT2D eigenvalue weighted by Gasteiger charge is -2.28. The van der Waals surface area contributed by atoms with Gasteiger partial charge < -0.3 is 15.6 Å². The Balaban J connectivity index is 1.41. The number of anilines is 2. The van der Waals surface area contributed by atoms with Crippen LogP contribution in [-0.4, -0.2) is 30.4 Å². The van der Waals surface area contributed by atoms with Crippen molar-refractivity contribution in [1.29, 1.82) is 0 Å². The molecule has 13 heteroatoms. The molecule has 1 fully saturated rings. The van der Waals surface area contributed by atoms with Crippen LogP contribution in [0.3, 0.4) is 0 Å². The lowest BCUT2D eigenvalue weighted by Crippen LogP contribution is -2.28. The van der Waals surface area contributed by atoms with Crippen LogP contribution in [0.5, 0.6) is 0 Å². The monoisotopic (exact) mass is 445 g/mol. The Morgan fingerprint density at radius 2 is 1.97 bits per heavy atom. The van der Waals surface area contributed by atoms with Gasteiger partial charge in [0.05, 0.1) is 6.33 Å². The van der Waals surface area contributed by atoms with Gasteiger partial charge in [0.1, 0.15) is 5.52 Å². The number of thiazole rings is 1. The molecule has 0 spiro atoms. The van der Waals surface area contributed by atoms with Gasteiger partial charge in [-0.1, -0.05) is 0 Å². The molecule has 1 aliphatic carbocycles. The van der Waals surface area contributed by atoms with Crippen LogP contribution in [0.15, 0.2) is 11.7 Å². The second kappa shape index (κ2) is 7.41. The molecular weight excluding hydrogens is 431 g/mol. The predicted molar refractivity (Wildman–Crippen MR) is 101 cm³/mol. The highest BCUT2D eigenvalue weighted by atomic mass is 35.5. The second-order valence-electron chi connectivity index (χ2n) is 6.73. The van der Waals surface area contributed by atoms with Crippen molar-refractivity contribution in [3.8, 4) is 0 Å². The molecule has 0 aromatic carbocycles. The van der Waals surface area contributed by atoms with Gasteiger partial charge in [-0.15, -0.1) is 11.3 Å². The third kappa shape index (κ3) is 3.99. The second-order valence-corrected chi connectivity index (χ2v) is 7.93. The summed E-state index contributed by atoms with van der Waals surface area (Å²) in [5.74, 6) is -0.423. The molecule has 0 aliphatic heterocycles. The van der Waals surface area contributed by atoms with Crippen LogP contribution >= 0.6 is 22.9 Å². The molecule has 1 saturated carbocycles. The van der Waals surface area contributed by atoms with E-state index in [-0.39, 0.29) is 34.1 Å². The molecule has 0 atom stereocenters. The van der Waals surface area contributed by atoms with E-state index < -0.39 is 11.9 Å². The van der Waals surface area contributed by atoms with E-state index in [1.165, 1.54) is 0 Å². The van der Waals surface area contributed by atoms with Crippen molar-refractivity contribution in [3.05, 3.63) is 22.7 Å². The lowest BCUT2D eigenvalue weighted by atomic mass is 9.85. The van der Waals surface area contributed by atoms with E-state index in [1.807, 2.05) is 4.57 Å². The van der Waals surface area contributed by atoms with Gasteiger partial charge in [-0.25, -0.2) is 9.97 Å². The summed E-state index contributed by atoms with van der Waals surface area (Å²) in [7, 11) is 0. The van der Waals surface area contributed by atoms with Crippen LogP contribution in [-0.2, 0) is 11.0 Å². The number of aromatic nitrogens is 5. The Morgan fingerprint density at radius 3 is 2.62 bits per heavy atom. The molecule has 154 valence electrons. The molecule has 3 aromatic heterocycles. The topological polar surface area (TPSA) is 112 Å². The van der Waals surface area contributed by atoms with Crippen molar-refractivity contribution in [2.45, 2.75) is 37.9 Å². The van der Waals surface area contributed by atoms with Crippen molar-refractivity contribution in [2.24, 2.45) is 5.92 Å². The SMILES string of the molecule is Nc1nc(Cl)nc2c1ncn2C1CCC(C(=O)Nc2nc(C(F)(F)F)cs2)CC1. The Labute approximate surface area is 171 Å². The van der Waals surface area contributed by atoms with Gasteiger partial charge in [0.25, 0.3) is 0 Å². The fraction of sp³-hybridized carbons (Fsp3) is 0.438. The lowest BCUT2D eigenvalue weighted by molar-refractivity contribution is -0.140. The third-order valence-corrected chi connectivity index (χ3v) is 5.83. The minimum absolute atomic E-state index is 0.0338. The highest BCUT2D eigenvalue weighted by Crippen LogP contribution is 2.36. The maximum Gasteiger partial charge on any atom is 0.434 e. The number of hydrogen-bond donors (Lipinski definition) is 2. The quantitative estimate of drug-likeness (QED) is 0.591. The van der Waals surface area contributed by atoms with Crippen LogP contribution < -0.4 is 11.1 Å². The Kier molecular flexibility index (Phi) is 5.07. The number of carbonyl (C=O) groups excluding carboxylic acids is 1. The smallest absolute Gasteiger partial charge is 0.382 e. The number of amides is 1. The van der Waals surface area contributed by atoms with Crippen molar-refractivity contribution < 1.29 is 18.0 Å². The molecule has 3 N–H and O–H groups in total. The minimum atomic E-state index is -4.53. The highest BCUT2D eigenvalue weighted by molar-refractivity contribution is 7.13. The summed E-state index contributed by atoms with van der Waals surface area (Å²) in [6.45, 7) is 0. The van der Waals surface area contributed by atoms with Crippen molar-refractivity contribution in [2.75, 3.05) is 11.1 Å². The average Bonchev–Trinajstić information content (AvgIpc) is 3.29. The van der Waals surface area contributed by atoms with E-state index in [0.29, 0.717) is 36.8 Å². The first-order chi connectivity index (χ1) is 13.7. The normalized spacial score (nSPS) is 20.1. The number of nitrogens with two attached hydrogens (primary N) is 1. The minimum Gasteiger partial charge on any atom is -0.382 e. The molecule has 29 heavy (non-hydrogen) atoms. The number of alkyl halides is 3. The van der Waals surface area contributed by atoms with Crippen LogP contribution in [0.1, 0.15) is 37.4 Å². The number of imidazole rings is 1. The fourth-order valence-corrected chi connectivity index (χ4v) is 4.35. The first-order valence-corrected chi connectivity index (χ1v) is 9.97. The maximum atomic E-state index is 12.6. The number of nitrogens with one attached hydrogen (secondary N) is 1. The van der Waals surface area contributed by atoms with Crippen molar-refractivity contribution in [1.82, 2.24) is 24.5 Å². The molecular formula is C16H15ClF3N7OS. The van der Waals surface area contributed by atoms with E-state index in [1.54, 1.807) is 6.33 Å². The number of nitrogens with zero attached hydrogens (tertiary/aromatic N) is 5. The molecule has 3 aromatic rings. The van der Waals surface area contributed by atoms with Crippen LogP contribution in [0, 0.1) is 5.92 Å². The summed E-state index contributed by atoms with van der Waals surface area (Å²) in [5.41, 5.74) is 5.83. The van der Waals surface area contributed by atoms with Crippen molar-refractivity contribution in [3.63, 3.8) is 0 Å². The van der Waals surface area contributed by atoms with Crippen molar-refractivity contribution >= 4 is 51.0 Å². The van der Waals surface area contributed by atoms with E-state index in [0.717, 1.165) is 16.7 Å². The van der Waals surface area contributed by atoms with Gasteiger partial charge >= 0.3 is 6.18 Å². The fourth-order valence-electron chi connectivity index (χ4n) is 3.46. The summed E-state index contributed by atoms with van der Waals surface area (Å²) in [6.07, 6.45) is -0.399. The van der Waals surface area contributed by atoms with Crippen LogP contribution in [0.2, 0.25) is 5.28 Å². The Morgan fingerprint density at radius 1 is 1.24 bits per heavy atom. The molecule has 4 rings (SSSR count). The number of carbonyl (C=O) groups is 1. The maximum absolute atomic E-state index is 12.6. The van der Waals surface area contributed by atoms with E-state index in [9.17, 15) is 18.0 Å². The van der Waals surface area contributed by atoms with Crippen LogP contribution in [0.25, 0.3) is 11.2 Å². The zero-order valence-electron chi connectivity index (χ0n) is 14.8. The van der Waals surface area contributed by atoms with E-state index >= 15 is 0 Å². The van der Waals surface area contributed by atoms with Gasteiger partial charge in [0.2, 0.25) is 11.2 Å². The average molecular weight is 446 g/mol. The van der Waals surface area contributed by atoms with Gasteiger partial charge in [0, 0.05) is 17.3 Å². The molecule has 0 saturated heterocycles. The number of nitrogen functional groups attached to an aromatic ring is 1. The molecule has 0 radical (unpaired) electrons.